The minimum Gasteiger partial charge on any atom is -0.486 e. The minimum absolute atomic E-state index is 0.127. The maximum atomic E-state index is 12.1. The molecule has 6 nitrogen and oxygen atoms in total. The summed E-state index contributed by atoms with van der Waals surface area (Å²) >= 11 is 0. The van der Waals surface area contributed by atoms with E-state index in [4.69, 9.17) is 9.47 Å². The lowest BCUT2D eigenvalue weighted by Gasteiger charge is -2.21. The molecule has 0 spiro atoms. The third-order valence-corrected chi connectivity index (χ3v) is 3.08. The van der Waals surface area contributed by atoms with Gasteiger partial charge in [0.2, 0.25) is 0 Å². The minimum atomic E-state index is -0.127. The predicted octanol–water partition coefficient (Wildman–Crippen LogP) is 1.75. The van der Waals surface area contributed by atoms with Gasteiger partial charge in [0, 0.05) is 26.0 Å². The van der Waals surface area contributed by atoms with E-state index < -0.39 is 0 Å². The zero-order valence-electron chi connectivity index (χ0n) is 11.2. The van der Waals surface area contributed by atoms with E-state index in [-0.39, 0.29) is 6.03 Å². The van der Waals surface area contributed by atoms with Crippen LogP contribution in [0.25, 0.3) is 0 Å². The highest BCUT2D eigenvalue weighted by molar-refractivity contribution is 5.76. The smallest absolute Gasteiger partial charge is 0.329 e. The first kappa shape index (κ1) is 12.5. The molecule has 0 bridgehead atoms. The summed E-state index contributed by atoms with van der Waals surface area (Å²) in [7, 11) is 1.75. The number of amides is 1. The van der Waals surface area contributed by atoms with Crippen molar-refractivity contribution in [2.75, 3.05) is 20.3 Å². The van der Waals surface area contributed by atoms with E-state index in [0.717, 1.165) is 17.1 Å². The van der Waals surface area contributed by atoms with Crippen LogP contribution in [0.2, 0.25) is 0 Å². The number of fused-ring (bicyclic) bond motifs is 1. The summed E-state index contributed by atoms with van der Waals surface area (Å²) in [5.41, 5.74) is 0.991. The molecule has 0 unspecified atom stereocenters. The standard InChI is InChI=1S/C14H15N3O3/c1-16(14(18)17-5-4-15-10-17)9-11-2-3-12-13(8-11)20-7-6-19-12/h2-5,8,10H,6-7,9H2,1H3. The normalized spacial score (nSPS) is 13.1. The molecule has 2 heterocycles. The number of ether oxygens (including phenoxy) is 2. The van der Waals surface area contributed by atoms with E-state index in [0.29, 0.717) is 19.8 Å². The molecule has 0 saturated heterocycles. The summed E-state index contributed by atoms with van der Waals surface area (Å²) in [6.07, 6.45) is 4.70. The Kier molecular flexibility index (Phi) is 3.28. The van der Waals surface area contributed by atoms with Gasteiger partial charge in [0.1, 0.15) is 19.5 Å². The lowest BCUT2D eigenvalue weighted by atomic mass is 10.2. The molecule has 3 rings (SSSR count). The summed E-state index contributed by atoms with van der Waals surface area (Å²) in [6.45, 7) is 1.62. The second-order valence-electron chi connectivity index (χ2n) is 4.59. The first-order valence-corrected chi connectivity index (χ1v) is 6.36. The molecule has 0 atom stereocenters. The van der Waals surface area contributed by atoms with Gasteiger partial charge >= 0.3 is 6.03 Å². The Morgan fingerprint density at radius 2 is 2.15 bits per heavy atom. The topological polar surface area (TPSA) is 56.6 Å². The summed E-state index contributed by atoms with van der Waals surface area (Å²) in [5, 5.41) is 0. The highest BCUT2D eigenvalue weighted by Gasteiger charge is 2.15. The van der Waals surface area contributed by atoms with Gasteiger partial charge < -0.3 is 14.4 Å². The van der Waals surface area contributed by atoms with E-state index in [1.54, 1.807) is 24.3 Å². The van der Waals surface area contributed by atoms with Crippen LogP contribution in [0.5, 0.6) is 11.5 Å². The van der Waals surface area contributed by atoms with Crippen LogP contribution in [-0.4, -0.2) is 40.7 Å². The Hall–Kier alpha value is -2.50. The third kappa shape index (κ3) is 2.45. The molecule has 6 heteroatoms. The van der Waals surface area contributed by atoms with Gasteiger partial charge in [-0.2, -0.15) is 0 Å². The molecule has 1 aliphatic heterocycles. The van der Waals surface area contributed by atoms with Crippen molar-refractivity contribution in [1.82, 2.24) is 14.5 Å². The lowest BCUT2D eigenvalue weighted by Crippen LogP contribution is -2.29. The largest absolute Gasteiger partial charge is 0.486 e. The Labute approximate surface area is 116 Å². The predicted molar refractivity (Wildman–Crippen MR) is 71.9 cm³/mol. The monoisotopic (exact) mass is 273 g/mol. The van der Waals surface area contributed by atoms with Crippen molar-refractivity contribution in [3.05, 3.63) is 42.5 Å². The molecule has 2 aromatic rings. The summed E-state index contributed by atoms with van der Waals surface area (Å²) in [5.74, 6) is 1.49. The highest BCUT2D eigenvalue weighted by Crippen LogP contribution is 2.31. The van der Waals surface area contributed by atoms with Crippen molar-refractivity contribution in [2.45, 2.75) is 6.54 Å². The fourth-order valence-corrected chi connectivity index (χ4v) is 2.10. The molecule has 20 heavy (non-hydrogen) atoms. The van der Waals surface area contributed by atoms with Crippen molar-refractivity contribution < 1.29 is 14.3 Å². The quantitative estimate of drug-likeness (QED) is 0.836. The molecule has 0 N–H and O–H groups in total. The zero-order valence-corrected chi connectivity index (χ0v) is 11.2. The number of rotatable bonds is 2. The molecule has 1 aromatic carbocycles. The van der Waals surface area contributed by atoms with E-state index in [9.17, 15) is 4.79 Å². The zero-order chi connectivity index (χ0) is 13.9. The van der Waals surface area contributed by atoms with E-state index in [2.05, 4.69) is 4.98 Å². The van der Waals surface area contributed by atoms with Crippen molar-refractivity contribution in [1.29, 1.82) is 0 Å². The number of nitrogens with zero attached hydrogens (tertiary/aromatic N) is 3. The molecule has 1 amide bonds. The van der Waals surface area contributed by atoms with Crippen LogP contribution in [-0.2, 0) is 6.54 Å². The fraction of sp³-hybridized carbons (Fsp3) is 0.286. The number of hydrogen-bond donors (Lipinski definition) is 0. The van der Waals surface area contributed by atoms with Crippen molar-refractivity contribution in [3.8, 4) is 11.5 Å². The molecule has 0 aliphatic carbocycles. The number of imidazole rings is 1. The first-order valence-electron chi connectivity index (χ1n) is 6.36. The number of benzene rings is 1. The molecular weight excluding hydrogens is 258 g/mol. The maximum absolute atomic E-state index is 12.1. The number of aromatic nitrogens is 2. The Morgan fingerprint density at radius 3 is 2.90 bits per heavy atom. The third-order valence-electron chi connectivity index (χ3n) is 3.08. The molecule has 1 aliphatic rings. The maximum Gasteiger partial charge on any atom is 0.329 e. The van der Waals surface area contributed by atoms with Gasteiger partial charge in [-0.1, -0.05) is 6.07 Å². The van der Waals surface area contributed by atoms with Gasteiger partial charge in [0.15, 0.2) is 11.5 Å². The van der Waals surface area contributed by atoms with Gasteiger partial charge in [-0.05, 0) is 17.7 Å². The molecular formula is C14H15N3O3. The van der Waals surface area contributed by atoms with Crippen molar-refractivity contribution in [3.63, 3.8) is 0 Å². The van der Waals surface area contributed by atoms with Crippen LogP contribution < -0.4 is 9.47 Å². The Balaban J connectivity index is 1.72. The van der Waals surface area contributed by atoms with Crippen LogP contribution in [0.3, 0.4) is 0 Å². The molecule has 0 fully saturated rings. The van der Waals surface area contributed by atoms with Crippen molar-refractivity contribution >= 4 is 6.03 Å². The van der Waals surface area contributed by atoms with Gasteiger partial charge in [0.05, 0.1) is 0 Å². The van der Waals surface area contributed by atoms with Gasteiger partial charge in [0.25, 0.3) is 0 Å². The molecule has 0 radical (unpaired) electrons. The lowest BCUT2D eigenvalue weighted by molar-refractivity contribution is 0.171. The van der Waals surface area contributed by atoms with Gasteiger partial charge in [-0.15, -0.1) is 0 Å². The SMILES string of the molecule is CN(Cc1ccc2c(c1)OCCO2)C(=O)n1ccnc1. The van der Waals surface area contributed by atoms with Crippen LogP contribution in [0.1, 0.15) is 5.56 Å². The highest BCUT2D eigenvalue weighted by atomic mass is 16.6. The van der Waals surface area contributed by atoms with Gasteiger partial charge in [-0.25, -0.2) is 9.78 Å². The average molecular weight is 273 g/mol. The number of carbonyl (C=O) groups is 1. The summed E-state index contributed by atoms with van der Waals surface area (Å²) in [4.78, 5) is 17.6. The molecule has 104 valence electrons. The summed E-state index contributed by atoms with van der Waals surface area (Å²) in [6, 6.07) is 5.59. The van der Waals surface area contributed by atoms with Crippen LogP contribution >= 0.6 is 0 Å². The van der Waals surface area contributed by atoms with Gasteiger partial charge in [-0.3, -0.25) is 4.57 Å². The number of hydrogen-bond acceptors (Lipinski definition) is 4. The second kappa shape index (κ2) is 5.24. The molecule has 0 saturated carbocycles. The van der Waals surface area contributed by atoms with E-state index in [1.807, 2.05) is 18.2 Å². The summed E-state index contributed by atoms with van der Waals surface area (Å²) < 4.78 is 12.4. The van der Waals surface area contributed by atoms with E-state index in [1.165, 1.54) is 10.9 Å². The Bertz CT molecular complexity index is 610. The molecule has 1 aromatic heterocycles. The van der Waals surface area contributed by atoms with E-state index >= 15 is 0 Å². The van der Waals surface area contributed by atoms with Crippen LogP contribution in [0, 0.1) is 0 Å². The average Bonchev–Trinajstić information content (AvgIpc) is 3.00. The Morgan fingerprint density at radius 1 is 1.35 bits per heavy atom. The van der Waals surface area contributed by atoms with Crippen LogP contribution in [0.4, 0.5) is 4.79 Å². The fourth-order valence-electron chi connectivity index (χ4n) is 2.10. The van der Waals surface area contributed by atoms with Crippen LogP contribution in [0.15, 0.2) is 36.9 Å². The second-order valence-corrected chi connectivity index (χ2v) is 4.59. The number of carbonyl (C=O) groups excluding carboxylic acids is 1. The van der Waals surface area contributed by atoms with Crippen molar-refractivity contribution in [2.24, 2.45) is 0 Å². The first-order chi connectivity index (χ1) is 9.74.